The highest BCUT2D eigenvalue weighted by Crippen LogP contribution is 2.42. The first kappa shape index (κ1) is 24.4. The van der Waals surface area contributed by atoms with E-state index in [2.05, 4.69) is 117 Å². The third-order valence-corrected chi connectivity index (χ3v) is 8.73. The second kappa shape index (κ2) is 9.42. The first-order chi connectivity index (χ1) is 21.8. The van der Waals surface area contributed by atoms with Gasteiger partial charge in [-0.2, -0.15) is 0 Å². The van der Waals surface area contributed by atoms with Gasteiger partial charge < -0.3 is 4.57 Å². The molecule has 9 aromatic rings. The summed E-state index contributed by atoms with van der Waals surface area (Å²) in [6.45, 7) is 7.35. The fourth-order valence-electron chi connectivity index (χ4n) is 6.75. The van der Waals surface area contributed by atoms with Crippen LogP contribution in [0.5, 0.6) is 0 Å². The average molecular weight is 561 g/mol. The zero-order chi connectivity index (χ0) is 29.2. The summed E-state index contributed by atoms with van der Waals surface area (Å²) in [6, 6.07) is 50.9. The first-order valence-corrected chi connectivity index (χ1v) is 14.7. The van der Waals surface area contributed by atoms with E-state index in [1.54, 1.807) is 0 Å². The van der Waals surface area contributed by atoms with Crippen molar-refractivity contribution in [3.63, 3.8) is 0 Å². The maximum atomic E-state index is 7.35. The molecule has 0 fully saturated rings. The number of para-hydroxylation sites is 3. The Hall–Kier alpha value is -6.18. The van der Waals surface area contributed by atoms with Crippen molar-refractivity contribution in [2.75, 3.05) is 0 Å². The van der Waals surface area contributed by atoms with Crippen molar-refractivity contribution in [2.24, 2.45) is 0 Å². The van der Waals surface area contributed by atoms with Crippen LogP contribution in [0.1, 0.15) is 0 Å². The maximum Gasteiger partial charge on any atom is 0.187 e. The lowest BCUT2D eigenvalue weighted by Gasteiger charge is -2.12. The number of benzene rings is 7. The van der Waals surface area contributed by atoms with Crippen LogP contribution in [0.3, 0.4) is 0 Å². The molecule has 2 aromatic heterocycles. The zero-order valence-electron chi connectivity index (χ0n) is 23.6. The van der Waals surface area contributed by atoms with Gasteiger partial charge in [0.15, 0.2) is 5.69 Å². The van der Waals surface area contributed by atoms with Gasteiger partial charge in [0.2, 0.25) is 0 Å². The minimum Gasteiger partial charge on any atom is -0.309 e. The maximum absolute atomic E-state index is 7.35. The third kappa shape index (κ3) is 3.54. The molecule has 0 amide bonds. The van der Waals surface area contributed by atoms with Gasteiger partial charge in [0.1, 0.15) is 5.82 Å². The summed E-state index contributed by atoms with van der Waals surface area (Å²) < 4.78 is 4.56. The number of imidazole rings is 1. The van der Waals surface area contributed by atoms with Crippen LogP contribution in [0, 0.1) is 6.57 Å². The van der Waals surface area contributed by atoms with Crippen molar-refractivity contribution in [1.29, 1.82) is 0 Å². The summed E-state index contributed by atoms with van der Waals surface area (Å²) in [7, 11) is 0. The fourth-order valence-corrected chi connectivity index (χ4v) is 6.75. The van der Waals surface area contributed by atoms with Gasteiger partial charge in [-0.1, -0.05) is 97.1 Å². The summed E-state index contributed by atoms with van der Waals surface area (Å²) in [5.41, 5.74) is 10.6. The Kier molecular flexibility index (Phi) is 5.23. The molecule has 0 radical (unpaired) electrons. The molecular weight excluding hydrogens is 536 g/mol. The summed E-state index contributed by atoms with van der Waals surface area (Å²) in [5.74, 6) is 0.876. The molecule has 0 atom stereocenters. The predicted octanol–water partition coefficient (Wildman–Crippen LogP) is 10.6. The molecule has 2 heterocycles. The fraction of sp³-hybridized carbons (Fsp3) is 0. The van der Waals surface area contributed by atoms with Crippen LogP contribution in [0.25, 0.3) is 82.3 Å². The highest BCUT2D eigenvalue weighted by Gasteiger charge is 2.19. The lowest BCUT2D eigenvalue weighted by molar-refractivity contribution is 1.10. The number of fused-ring (bicyclic) bond motifs is 1. The number of hydrogen-bond acceptors (Lipinski definition) is 1. The number of aromatic nitrogens is 3. The highest BCUT2D eigenvalue weighted by molar-refractivity contribution is 6.26. The monoisotopic (exact) mass is 560 g/mol. The molecule has 204 valence electrons. The van der Waals surface area contributed by atoms with Crippen LogP contribution < -0.4 is 0 Å². The van der Waals surface area contributed by atoms with E-state index in [1.165, 1.54) is 49.4 Å². The van der Waals surface area contributed by atoms with Gasteiger partial charge in [-0.05, 0) is 70.4 Å². The van der Waals surface area contributed by atoms with Crippen LogP contribution in [-0.2, 0) is 0 Å². The van der Waals surface area contributed by atoms with E-state index in [0.29, 0.717) is 5.69 Å². The van der Waals surface area contributed by atoms with E-state index in [1.807, 2.05) is 42.5 Å². The Labute approximate surface area is 253 Å². The van der Waals surface area contributed by atoms with Crippen molar-refractivity contribution in [2.45, 2.75) is 0 Å². The van der Waals surface area contributed by atoms with E-state index in [-0.39, 0.29) is 0 Å². The summed E-state index contributed by atoms with van der Waals surface area (Å²) >= 11 is 0. The standard InChI is InChI=1S/C40H24N4/c1-41-29-19-21-31(22-20-29)44-35-12-6-5-11-34(35)42-40(44)28-16-14-26(15-17-28)32-24-25-37-39-33(32)23-18-27-8-7-13-36(38(27)39)43(37)30-9-3-2-4-10-30/h2-25H. The quantitative estimate of drug-likeness (QED) is 0.155. The van der Waals surface area contributed by atoms with Gasteiger partial charge in [-0.25, -0.2) is 9.83 Å². The second-order valence-electron chi connectivity index (χ2n) is 11.1. The van der Waals surface area contributed by atoms with E-state index >= 15 is 0 Å². The normalized spacial score (nSPS) is 11.6. The Morgan fingerprint density at radius 1 is 0.500 bits per heavy atom. The van der Waals surface area contributed by atoms with Gasteiger partial charge in [0.25, 0.3) is 0 Å². The molecule has 0 aliphatic rings. The molecule has 0 saturated carbocycles. The molecule has 0 aliphatic carbocycles. The molecule has 0 unspecified atom stereocenters. The minimum absolute atomic E-state index is 0.623. The second-order valence-corrected chi connectivity index (χ2v) is 11.1. The van der Waals surface area contributed by atoms with Crippen LogP contribution in [0.2, 0.25) is 0 Å². The molecule has 0 N–H and O–H groups in total. The first-order valence-electron chi connectivity index (χ1n) is 14.7. The summed E-state index contributed by atoms with van der Waals surface area (Å²) in [4.78, 5) is 8.60. The minimum atomic E-state index is 0.623. The van der Waals surface area contributed by atoms with Gasteiger partial charge >= 0.3 is 0 Å². The SMILES string of the molecule is [C-]#[N+]c1ccc(-n2c(-c3ccc(-c4ccc5c6c4ccc4cccc(c46)n5-c4ccccc4)cc3)nc3ccccc32)cc1. The Morgan fingerprint density at radius 3 is 2.02 bits per heavy atom. The van der Waals surface area contributed by atoms with Gasteiger partial charge in [0, 0.05) is 27.7 Å². The molecular formula is C40H24N4. The largest absolute Gasteiger partial charge is 0.309 e. The number of rotatable bonds is 4. The predicted molar refractivity (Wildman–Crippen MR) is 181 cm³/mol. The average Bonchev–Trinajstić information content (AvgIpc) is 3.65. The molecule has 0 saturated heterocycles. The lowest BCUT2D eigenvalue weighted by Crippen LogP contribution is -1.97. The van der Waals surface area contributed by atoms with Crippen LogP contribution >= 0.6 is 0 Å². The zero-order valence-corrected chi connectivity index (χ0v) is 23.6. The molecule has 0 spiro atoms. The van der Waals surface area contributed by atoms with Gasteiger partial charge in [-0.15, -0.1) is 0 Å². The van der Waals surface area contributed by atoms with Gasteiger partial charge in [0.05, 0.1) is 28.6 Å². The smallest absolute Gasteiger partial charge is 0.187 e. The van der Waals surface area contributed by atoms with E-state index < -0.39 is 0 Å². The topological polar surface area (TPSA) is 27.1 Å². The van der Waals surface area contributed by atoms with Crippen LogP contribution in [0.4, 0.5) is 5.69 Å². The van der Waals surface area contributed by atoms with Crippen molar-refractivity contribution in [1.82, 2.24) is 14.1 Å². The molecule has 7 aromatic carbocycles. The van der Waals surface area contributed by atoms with Crippen molar-refractivity contribution in [3.05, 3.63) is 157 Å². The van der Waals surface area contributed by atoms with Gasteiger partial charge in [-0.3, -0.25) is 4.57 Å². The van der Waals surface area contributed by atoms with E-state index in [0.717, 1.165) is 28.1 Å². The third-order valence-electron chi connectivity index (χ3n) is 8.73. The molecule has 9 rings (SSSR count). The molecule has 0 bridgehead atoms. The molecule has 0 aliphatic heterocycles. The van der Waals surface area contributed by atoms with E-state index in [9.17, 15) is 0 Å². The summed E-state index contributed by atoms with van der Waals surface area (Å²) in [5, 5.41) is 5.11. The number of nitrogens with zero attached hydrogens (tertiary/aromatic N) is 4. The Bertz CT molecular complexity index is 2530. The van der Waals surface area contributed by atoms with E-state index in [4.69, 9.17) is 11.6 Å². The Morgan fingerprint density at radius 2 is 1.20 bits per heavy atom. The Balaban J connectivity index is 1.21. The molecule has 44 heavy (non-hydrogen) atoms. The molecule has 4 heteroatoms. The highest BCUT2D eigenvalue weighted by atomic mass is 15.1. The van der Waals surface area contributed by atoms with Crippen LogP contribution in [0.15, 0.2) is 146 Å². The number of hydrogen-bond donors (Lipinski definition) is 0. The lowest BCUT2D eigenvalue weighted by atomic mass is 9.94. The summed E-state index contributed by atoms with van der Waals surface area (Å²) in [6.07, 6.45) is 0. The van der Waals surface area contributed by atoms with Crippen molar-refractivity contribution < 1.29 is 0 Å². The van der Waals surface area contributed by atoms with Crippen LogP contribution in [-0.4, -0.2) is 14.1 Å². The molecule has 4 nitrogen and oxygen atoms in total. The van der Waals surface area contributed by atoms with Crippen molar-refractivity contribution >= 4 is 49.3 Å². The van der Waals surface area contributed by atoms with Crippen molar-refractivity contribution in [3.8, 4) is 33.9 Å².